The van der Waals surface area contributed by atoms with Crippen LogP contribution in [0.4, 0.5) is 24.8 Å². The van der Waals surface area contributed by atoms with Crippen molar-refractivity contribution in [2.45, 2.75) is 25.4 Å². The Morgan fingerprint density at radius 3 is 2.47 bits per heavy atom. The number of alkyl halides is 3. The third-order valence-corrected chi connectivity index (χ3v) is 6.46. The second kappa shape index (κ2) is 11.1. The lowest BCUT2D eigenvalue weighted by Crippen LogP contribution is -2.38. The van der Waals surface area contributed by atoms with Crippen molar-refractivity contribution in [2.24, 2.45) is 5.92 Å². The first-order valence-corrected chi connectivity index (χ1v) is 12.0. The molecule has 1 saturated heterocycles. The lowest BCUT2D eigenvalue weighted by molar-refractivity contribution is -0.0884. The van der Waals surface area contributed by atoms with Crippen molar-refractivity contribution in [1.29, 1.82) is 0 Å². The number of ether oxygens (including phenoxy) is 2. The molecule has 1 aliphatic heterocycles. The van der Waals surface area contributed by atoms with Gasteiger partial charge in [-0.1, -0.05) is 12.1 Å². The molecule has 0 spiro atoms. The topological polar surface area (TPSA) is 108 Å². The van der Waals surface area contributed by atoms with Crippen molar-refractivity contribution in [3.05, 3.63) is 65.4 Å². The average Bonchev–Trinajstić information content (AvgIpc) is 2.91. The van der Waals surface area contributed by atoms with Gasteiger partial charge in [-0.25, -0.2) is 14.8 Å². The van der Waals surface area contributed by atoms with Gasteiger partial charge in [-0.15, -0.1) is 0 Å². The van der Waals surface area contributed by atoms with E-state index in [1.807, 2.05) is 29.2 Å². The maximum Gasteiger partial charge on any atom is 0.455 e. The number of rotatable bonds is 7. The van der Waals surface area contributed by atoms with Crippen molar-refractivity contribution in [3.8, 4) is 17.0 Å². The molecule has 0 aliphatic carbocycles. The molecule has 200 valence electrons. The molecule has 1 aromatic carbocycles. The van der Waals surface area contributed by atoms with Gasteiger partial charge in [0.1, 0.15) is 22.9 Å². The van der Waals surface area contributed by atoms with Gasteiger partial charge in [0, 0.05) is 24.3 Å². The van der Waals surface area contributed by atoms with Crippen molar-refractivity contribution < 1.29 is 32.2 Å². The molecule has 38 heavy (non-hydrogen) atoms. The normalized spacial score (nSPS) is 15.7. The number of carbonyl (C=O) groups is 2. The zero-order valence-corrected chi connectivity index (χ0v) is 20.9. The monoisotopic (exact) mass is 528 g/mol. The fourth-order valence-electron chi connectivity index (χ4n) is 4.66. The molecule has 2 aromatic heterocycles. The van der Waals surface area contributed by atoms with Gasteiger partial charge in [0.15, 0.2) is 0 Å². The molecule has 1 fully saturated rings. The number of nitrogens with zero attached hydrogens (tertiary/aromatic N) is 3. The lowest BCUT2D eigenvalue weighted by atomic mass is 9.92. The van der Waals surface area contributed by atoms with E-state index in [1.54, 1.807) is 19.2 Å². The molecular formula is C27H27F3N4O4. The van der Waals surface area contributed by atoms with E-state index in [0.29, 0.717) is 48.0 Å². The number of carbonyl (C=O) groups excluding carboxylic acids is 2. The van der Waals surface area contributed by atoms with Crippen LogP contribution in [-0.2, 0) is 11.2 Å². The Kier molecular flexibility index (Phi) is 7.84. The van der Waals surface area contributed by atoms with E-state index in [1.165, 1.54) is 13.2 Å². The lowest BCUT2D eigenvalue weighted by Gasteiger charge is -2.34. The second-order valence-corrected chi connectivity index (χ2v) is 8.98. The summed E-state index contributed by atoms with van der Waals surface area (Å²) in [4.78, 5) is 35.0. The smallest absolute Gasteiger partial charge is 0.455 e. The average molecular weight is 529 g/mol. The molecule has 1 aliphatic rings. The number of pyridine rings is 2. The predicted molar refractivity (Wildman–Crippen MR) is 135 cm³/mol. The van der Waals surface area contributed by atoms with Gasteiger partial charge in [0.25, 0.3) is 5.78 Å². The number of hydrogen-bond donors (Lipinski definition) is 1. The maximum atomic E-state index is 12.8. The Hall–Kier alpha value is -4.15. The third kappa shape index (κ3) is 5.71. The second-order valence-electron chi connectivity index (χ2n) is 8.98. The van der Waals surface area contributed by atoms with E-state index in [0.717, 1.165) is 24.5 Å². The predicted octanol–water partition coefficient (Wildman–Crippen LogP) is 4.73. The van der Waals surface area contributed by atoms with Crippen molar-refractivity contribution in [2.75, 3.05) is 37.9 Å². The third-order valence-electron chi connectivity index (χ3n) is 6.46. The summed E-state index contributed by atoms with van der Waals surface area (Å²) in [5.74, 6) is -1.80. The Morgan fingerprint density at radius 1 is 1.05 bits per heavy atom. The summed E-state index contributed by atoms with van der Waals surface area (Å²) in [6.45, 7) is 1.18. The maximum absolute atomic E-state index is 12.8. The minimum absolute atomic E-state index is 0.0574. The molecule has 11 heteroatoms. The van der Waals surface area contributed by atoms with Crippen LogP contribution >= 0.6 is 0 Å². The number of Topliss-reactive ketones (excluding diaryl/α,β-unsaturated/α-hetero) is 1. The Labute approximate surface area is 217 Å². The number of para-hydroxylation sites is 1. The van der Waals surface area contributed by atoms with Crippen molar-refractivity contribution in [3.63, 3.8) is 0 Å². The highest BCUT2D eigenvalue weighted by atomic mass is 19.4. The SMILES string of the molecule is COC(=O)c1ccc(-c2ccccc2OC)nc1N1CCCC(Cc2ccc(C(=O)C(F)(F)F)c(N)n2)C1. The Balaban J connectivity index is 1.60. The number of ketones is 1. The van der Waals surface area contributed by atoms with Crippen LogP contribution in [0, 0.1) is 5.92 Å². The minimum atomic E-state index is -5.02. The summed E-state index contributed by atoms with van der Waals surface area (Å²) in [6.07, 6.45) is -2.96. The molecule has 0 saturated carbocycles. The first-order chi connectivity index (χ1) is 18.1. The molecular weight excluding hydrogens is 501 g/mol. The van der Waals surface area contributed by atoms with Gasteiger partial charge >= 0.3 is 12.1 Å². The summed E-state index contributed by atoms with van der Waals surface area (Å²) >= 11 is 0. The molecule has 3 aromatic rings. The highest BCUT2D eigenvalue weighted by Gasteiger charge is 2.40. The minimum Gasteiger partial charge on any atom is -0.496 e. The Morgan fingerprint density at radius 2 is 1.79 bits per heavy atom. The first kappa shape index (κ1) is 26.9. The molecule has 4 rings (SSSR count). The van der Waals surface area contributed by atoms with Gasteiger partial charge in [0.05, 0.1) is 25.5 Å². The number of hydrogen-bond acceptors (Lipinski definition) is 8. The highest BCUT2D eigenvalue weighted by Crippen LogP contribution is 2.33. The number of benzene rings is 1. The standard InChI is InChI=1S/C27H27F3N4O4/c1-37-22-8-4-3-7-18(22)21-12-11-20(26(36)38-2)25(33-21)34-13-5-6-16(15-34)14-17-9-10-19(24(31)32-17)23(35)27(28,29)30/h3-4,7-12,16H,5-6,13-15H2,1-2H3,(H2,31,32). The molecule has 2 N–H and O–H groups in total. The fraction of sp³-hybridized carbons (Fsp3) is 0.333. The summed E-state index contributed by atoms with van der Waals surface area (Å²) in [6, 6.07) is 13.3. The number of anilines is 2. The van der Waals surface area contributed by atoms with Gasteiger partial charge in [-0.05, 0) is 61.6 Å². The zero-order chi connectivity index (χ0) is 27.4. The number of methoxy groups -OCH3 is 2. The molecule has 8 nitrogen and oxygen atoms in total. The fourth-order valence-corrected chi connectivity index (χ4v) is 4.66. The van der Waals surface area contributed by atoms with Crippen LogP contribution in [0.15, 0.2) is 48.5 Å². The zero-order valence-electron chi connectivity index (χ0n) is 20.9. The molecule has 1 atom stereocenters. The van der Waals surface area contributed by atoms with E-state index < -0.39 is 29.3 Å². The van der Waals surface area contributed by atoms with E-state index in [9.17, 15) is 22.8 Å². The number of piperidine rings is 1. The van der Waals surface area contributed by atoms with Crippen LogP contribution in [-0.4, -0.2) is 55.2 Å². The summed E-state index contributed by atoms with van der Waals surface area (Å²) in [5, 5.41) is 0. The van der Waals surface area contributed by atoms with E-state index in [2.05, 4.69) is 4.98 Å². The van der Waals surface area contributed by atoms with Crippen LogP contribution in [0.3, 0.4) is 0 Å². The van der Waals surface area contributed by atoms with E-state index in [4.69, 9.17) is 20.2 Å². The van der Waals surface area contributed by atoms with Gasteiger partial charge in [0.2, 0.25) is 0 Å². The van der Waals surface area contributed by atoms with Crippen molar-refractivity contribution in [1.82, 2.24) is 9.97 Å². The number of nitrogen functional groups attached to an aromatic ring is 1. The van der Waals surface area contributed by atoms with Crippen LogP contribution in [0.1, 0.15) is 39.3 Å². The van der Waals surface area contributed by atoms with Crippen LogP contribution in [0.2, 0.25) is 0 Å². The molecule has 1 unspecified atom stereocenters. The summed E-state index contributed by atoms with van der Waals surface area (Å²) in [5.41, 5.74) is 7.24. The quantitative estimate of drug-likeness (QED) is 0.347. The van der Waals surface area contributed by atoms with Gasteiger partial charge < -0.3 is 20.1 Å². The number of esters is 1. The van der Waals surface area contributed by atoms with E-state index >= 15 is 0 Å². The molecule has 0 bridgehead atoms. The molecule has 0 amide bonds. The van der Waals surface area contributed by atoms with Gasteiger partial charge in [-0.3, -0.25) is 4.79 Å². The highest BCUT2D eigenvalue weighted by molar-refractivity contribution is 6.03. The first-order valence-electron chi connectivity index (χ1n) is 12.0. The Bertz CT molecular complexity index is 1350. The molecule has 3 heterocycles. The number of aromatic nitrogens is 2. The summed E-state index contributed by atoms with van der Waals surface area (Å²) in [7, 11) is 2.88. The van der Waals surface area contributed by atoms with Crippen molar-refractivity contribution >= 4 is 23.4 Å². The van der Waals surface area contributed by atoms with Crippen LogP contribution in [0.5, 0.6) is 5.75 Å². The number of nitrogens with two attached hydrogens (primary N) is 1. The summed E-state index contributed by atoms with van der Waals surface area (Å²) < 4.78 is 48.9. The van der Waals surface area contributed by atoms with Crippen LogP contribution in [0.25, 0.3) is 11.3 Å². The largest absolute Gasteiger partial charge is 0.496 e. The van der Waals surface area contributed by atoms with E-state index in [-0.39, 0.29) is 5.92 Å². The van der Waals surface area contributed by atoms with Gasteiger partial charge in [-0.2, -0.15) is 13.2 Å². The molecule has 0 radical (unpaired) electrons. The number of halogens is 3. The van der Waals surface area contributed by atoms with Crippen LogP contribution < -0.4 is 15.4 Å².